The smallest absolute Gasteiger partial charge is 0.295 e. The number of carbonyl (C=O) groups excluding carboxylic acids is 1. The predicted octanol–water partition coefficient (Wildman–Crippen LogP) is 3.63. The summed E-state index contributed by atoms with van der Waals surface area (Å²) in [4.78, 5) is 15.5. The van der Waals surface area contributed by atoms with Gasteiger partial charge in [0.1, 0.15) is 5.69 Å². The standard InChI is InChI=1S/C11H8BrF3N2O/c1-5-9(6(2)18)17-4-7(11(13,14)15)3-8(12)10(17)16-5/h3-4H,1-2H3. The summed E-state index contributed by atoms with van der Waals surface area (Å²) in [5.74, 6) is -0.328. The number of halogens is 4. The van der Waals surface area contributed by atoms with Crippen molar-refractivity contribution in [3.05, 3.63) is 33.7 Å². The minimum Gasteiger partial charge on any atom is -0.295 e. The number of hydrogen-bond donors (Lipinski definition) is 0. The van der Waals surface area contributed by atoms with Crippen LogP contribution in [0.15, 0.2) is 16.7 Å². The molecule has 0 unspecified atom stereocenters. The first-order valence-corrected chi connectivity index (χ1v) is 5.77. The van der Waals surface area contributed by atoms with Crippen molar-refractivity contribution in [2.45, 2.75) is 20.0 Å². The number of nitrogens with zero attached hydrogens (tertiary/aromatic N) is 2. The Labute approximate surface area is 109 Å². The monoisotopic (exact) mass is 320 g/mol. The molecular weight excluding hydrogens is 313 g/mol. The molecule has 2 heterocycles. The van der Waals surface area contributed by atoms with Crippen LogP contribution < -0.4 is 0 Å². The van der Waals surface area contributed by atoms with Crippen molar-refractivity contribution in [2.75, 3.05) is 0 Å². The number of fused-ring (bicyclic) bond motifs is 1. The van der Waals surface area contributed by atoms with Gasteiger partial charge in [0.25, 0.3) is 0 Å². The van der Waals surface area contributed by atoms with E-state index in [0.717, 1.165) is 12.3 Å². The highest BCUT2D eigenvalue weighted by molar-refractivity contribution is 9.10. The highest BCUT2D eigenvalue weighted by Crippen LogP contribution is 2.33. The van der Waals surface area contributed by atoms with Crippen molar-refractivity contribution < 1.29 is 18.0 Å². The second-order valence-electron chi connectivity index (χ2n) is 3.87. The van der Waals surface area contributed by atoms with Crippen LogP contribution in [0.25, 0.3) is 5.65 Å². The molecular formula is C11H8BrF3N2O. The van der Waals surface area contributed by atoms with Crippen LogP contribution in [0, 0.1) is 6.92 Å². The average Bonchev–Trinajstić information content (AvgIpc) is 2.53. The van der Waals surface area contributed by atoms with E-state index in [2.05, 4.69) is 20.9 Å². The molecule has 0 N–H and O–H groups in total. The Morgan fingerprint density at radius 1 is 1.44 bits per heavy atom. The highest BCUT2D eigenvalue weighted by atomic mass is 79.9. The van der Waals surface area contributed by atoms with Gasteiger partial charge in [-0.1, -0.05) is 0 Å². The molecule has 0 fully saturated rings. The number of hydrogen-bond acceptors (Lipinski definition) is 2. The summed E-state index contributed by atoms with van der Waals surface area (Å²) in [5, 5.41) is 0. The van der Waals surface area contributed by atoms with Crippen LogP contribution in [-0.2, 0) is 6.18 Å². The lowest BCUT2D eigenvalue weighted by Gasteiger charge is -2.09. The molecule has 0 atom stereocenters. The zero-order valence-electron chi connectivity index (χ0n) is 9.47. The average molecular weight is 321 g/mol. The third-order valence-electron chi connectivity index (χ3n) is 2.51. The van der Waals surface area contributed by atoms with Gasteiger partial charge in [-0.25, -0.2) is 4.98 Å². The lowest BCUT2D eigenvalue weighted by Crippen LogP contribution is -2.08. The van der Waals surface area contributed by atoms with E-state index in [1.165, 1.54) is 11.3 Å². The van der Waals surface area contributed by atoms with Crippen LogP contribution in [0.5, 0.6) is 0 Å². The van der Waals surface area contributed by atoms with Gasteiger partial charge in [-0.2, -0.15) is 13.2 Å². The molecule has 0 saturated heterocycles. The summed E-state index contributed by atoms with van der Waals surface area (Å²) in [5.41, 5.74) is 0.0341. The SMILES string of the molecule is CC(=O)c1c(C)nc2c(Br)cc(C(F)(F)F)cn12. The fraction of sp³-hybridized carbons (Fsp3) is 0.273. The third-order valence-corrected chi connectivity index (χ3v) is 3.09. The Kier molecular flexibility index (Phi) is 2.96. The lowest BCUT2D eigenvalue weighted by atomic mass is 10.2. The number of aryl methyl sites for hydroxylation is 1. The molecule has 0 saturated carbocycles. The van der Waals surface area contributed by atoms with Crippen molar-refractivity contribution in [3.8, 4) is 0 Å². The van der Waals surface area contributed by atoms with Crippen molar-refractivity contribution in [3.63, 3.8) is 0 Å². The van der Waals surface area contributed by atoms with Gasteiger partial charge in [0.05, 0.1) is 15.7 Å². The minimum atomic E-state index is -4.47. The Morgan fingerprint density at radius 3 is 2.56 bits per heavy atom. The van der Waals surface area contributed by atoms with Crippen LogP contribution in [-0.4, -0.2) is 15.2 Å². The van der Waals surface area contributed by atoms with Crippen molar-refractivity contribution in [2.24, 2.45) is 0 Å². The largest absolute Gasteiger partial charge is 0.417 e. The fourth-order valence-corrected chi connectivity index (χ4v) is 2.32. The molecule has 0 radical (unpaired) electrons. The molecule has 2 rings (SSSR count). The third kappa shape index (κ3) is 2.03. The molecule has 96 valence electrons. The van der Waals surface area contributed by atoms with Crippen LogP contribution >= 0.6 is 15.9 Å². The zero-order chi connectivity index (χ0) is 13.7. The molecule has 18 heavy (non-hydrogen) atoms. The van der Waals surface area contributed by atoms with Gasteiger partial charge in [0.2, 0.25) is 0 Å². The van der Waals surface area contributed by atoms with Gasteiger partial charge in [-0.3, -0.25) is 9.20 Å². The van der Waals surface area contributed by atoms with E-state index in [4.69, 9.17) is 0 Å². The summed E-state index contributed by atoms with van der Waals surface area (Å²) in [6, 6.07) is 0.950. The quantitative estimate of drug-likeness (QED) is 0.752. The van der Waals surface area contributed by atoms with E-state index in [-0.39, 0.29) is 15.9 Å². The Morgan fingerprint density at radius 2 is 2.06 bits per heavy atom. The van der Waals surface area contributed by atoms with Gasteiger partial charge >= 0.3 is 6.18 Å². The van der Waals surface area contributed by atoms with E-state index in [1.807, 2.05) is 0 Å². The number of Topliss-reactive ketones (excluding diaryl/α,β-unsaturated/α-hetero) is 1. The first-order chi connectivity index (χ1) is 8.21. The molecule has 0 spiro atoms. The van der Waals surface area contributed by atoms with Crippen LogP contribution in [0.1, 0.15) is 28.7 Å². The molecule has 0 bridgehead atoms. The molecule has 0 aliphatic carbocycles. The van der Waals surface area contributed by atoms with E-state index in [9.17, 15) is 18.0 Å². The Hall–Kier alpha value is -1.37. The maximum atomic E-state index is 12.7. The first-order valence-electron chi connectivity index (χ1n) is 4.98. The van der Waals surface area contributed by atoms with Gasteiger partial charge in [0.15, 0.2) is 11.4 Å². The number of imidazole rings is 1. The minimum absolute atomic E-state index is 0.164. The van der Waals surface area contributed by atoms with E-state index in [0.29, 0.717) is 11.3 Å². The topological polar surface area (TPSA) is 34.4 Å². The van der Waals surface area contributed by atoms with E-state index in [1.54, 1.807) is 6.92 Å². The van der Waals surface area contributed by atoms with E-state index < -0.39 is 11.7 Å². The predicted molar refractivity (Wildman–Crippen MR) is 62.6 cm³/mol. The lowest BCUT2D eigenvalue weighted by molar-refractivity contribution is -0.137. The van der Waals surface area contributed by atoms with Crippen molar-refractivity contribution in [1.82, 2.24) is 9.38 Å². The molecule has 0 amide bonds. The summed E-state index contributed by atoms with van der Waals surface area (Å²) >= 11 is 3.04. The summed E-state index contributed by atoms with van der Waals surface area (Å²) < 4.78 is 39.5. The van der Waals surface area contributed by atoms with Gasteiger partial charge < -0.3 is 0 Å². The number of carbonyl (C=O) groups is 1. The summed E-state index contributed by atoms with van der Waals surface area (Å²) in [6.45, 7) is 2.88. The number of pyridine rings is 1. The van der Waals surface area contributed by atoms with Crippen molar-refractivity contribution >= 4 is 27.4 Å². The van der Waals surface area contributed by atoms with Crippen LogP contribution in [0.4, 0.5) is 13.2 Å². The molecule has 3 nitrogen and oxygen atoms in total. The molecule has 7 heteroatoms. The van der Waals surface area contributed by atoms with Crippen LogP contribution in [0.2, 0.25) is 0 Å². The number of ketones is 1. The number of alkyl halides is 3. The molecule has 2 aromatic heterocycles. The van der Waals surface area contributed by atoms with Crippen LogP contribution in [0.3, 0.4) is 0 Å². The molecule has 0 aromatic carbocycles. The number of rotatable bonds is 1. The fourth-order valence-electron chi connectivity index (χ4n) is 1.80. The maximum absolute atomic E-state index is 12.7. The Bertz CT molecular complexity index is 646. The van der Waals surface area contributed by atoms with Gasteiger partial charge in [-0.15, -0.1) is 0 Å². The van der Waals surface area contributed by atoms with E-state index >= 15 is 0 Å². The van der Waals surface area contributed by atoms with Gasteiger partial charge in [0, 0.05) is 13.1 Å². The van der Waals surface area contributed by atoms with Crippen molar-refractivity contribution in [1.29, 1.82) is 0 Å². The zero-order valence-corrected chi connectivity index (χ0v) is 11.1. The first kappa shape index (κ1) is 13.1. The summed E-state index contributed by atoms with van der Waals surface area (Å²) in [6.07, 6.45) is -3.58. The molecule has 2 aromatic rings. The number of aromatic nitrogens is 2. The second kappa shape index (κ2) is 4.08. The Balaban J connectivity index is 2.85. The molecule has 0 aliphatic rings. The second-order valence-corrected chi connectivity index (χ2v) is 4.72. The normalized spacial score (nSPS) is 12.1. The molecule has 0 aliphatic heterocycles. The summed E-state index contributed by atoms with van der Waals surface area (Å²) in [7, 11) is 0. The highest BCUT2D eigenvalue weighted by Gasteiger charge is 2.32. The van der Waals surface area contributed by atoms with Gasteiger partial charge in [-0.05, 0) is 28.9 Å². The maximum Gasteiger partial charge on any atom is 0.417 e.